The van der Waals surface area contributed by atoms with Crippen molar-refractivity contribution >= 4 is 5.65 Å². The minimum atomic E-state index is -5.82. The molecule has 0 bridgehead atoms. The van der Waals surface area contributed by atoms with E-state index in [4.69, 9.17) is 0 Å². The highest BCUT2D eigenvalue weighted by atomic mass is 19.4. The fraction of sp³-hybridized carbons (Fsp3) is 0.294. The molecule has 3 aromatic rings. The Labute approximate surface area is 162 Å². The van der Waals surface area contributed by atoms with Gasteiger partial charge in [0.15, 0.2) is 17.9 Å². The van der Waals surface area contributed by atoms with E-state index in [2.05, 4.69) is 9.72 Å². The third kappa shape index (κ3) is 4.09. The highest BCUT2D eigenvalue weighted by Crippen LogP contribution is 2.35. The molecule has 0 fully saturated rings. The molecule has 13 heteroatoms. The fourth-order valence-corrected chi connectivity index (χ4v) is 2.48. The van der Waals surface area contributed by atoms with Crippen LogP contribution in [0.5, 0.6) is 5.88 Å². The summed E-state index contributed by atoms with van der Waals surface area (Å²) >= 11 is 0. The summed E-state index contributed by atoms with van der Waals surface area (Å²) in [4.78, 5) is 16.3. The van der Waals surface area contributed by atoms with E-state index >= 15 is 0 Å². The Hall–Kier alpha value is -3.12. The molecule has 3 aromatic heterocycles. The predicted octanol–water partition coefficient (Wildman–Crippen LogP) is 4.30. The van der Waals surface area contributed by atoms with E-state index in [0.717, 1.165) is 39.7 Å². The average molecular weight is 441 g/mol. The number of pyridine rings is 2. The van der Waals surface area contributed by atoms with Gasteiger partial charge in [0, 0.05) is 31.7 Å². The summed E-state index contributed by atoms with van der Waals surface area (Å²) in [5.41, 5.74) is -1.82. The third-order valence-electron chi connectivity index (χ3n) is 4.06. The van der Waals surface area contributed by atoms with Crippen LogP contribution in [-0.4, -0.2) is 32.7 Å². The Bertz CT molecular complexity index is 1140. The second-order valence-electron chi connectivity index (χ2n) is 6.30. The number of ether oxygens (including phenoxy) is 1. The summed E-state index contributed by atoms with van der Waals surface area (Å²) in [6.45, 7) is -2.03. The van der Waals surface area contributed by atoms with Gasteiger partial charge in [-0.3, -0.25) is 4.79 Å². The smallest absolute Gasteiger partial charge is 0.456 e. The maximum absolute atomic E-state index is 13.0. The summed E-state index contributed by atoms with van der Waals surface area (Å²) in [6, 6.07) is 2.59. The molecule has 0 aromatic carbocycles. The van der Waals surface area contributed by atoms with E-state index in [1.165, 1.54) is 7.05 Å². The number of halogens is 8. The summed E-state index contributed by atoms with van der Waals surface area (Å²) < 4.78 is 108. The summed E-state index contributed by atoms with van der Waals surface area (Å²) in [5.74, 6) is -5.68. The molecule has 0 N–H and O–H groups in total. The maximum atomic E-state index is 13.0. The first kappa shape index (κ1) is 21.6. The lowest BCUT2D eigenvalue weighted by Crippen LogP contribution is -2.42. The van der Waals surface area contributed by atoms with Crippen LogP contribution >= 0.6 is 0 Å². The number of hydrogen-bond acceptors (Lipinski definition) is 3. The Morgan fingerprint density at radius 1 is 1.00 bits per heavy atom. The number of imidazole rings is 1. The lowest BCUT2D eigenvalue weighted by molar-refractivity contribution is -0.290. The van der Waals surface area contributed by atoms with Crippen LogP contribution in [-0.2, 0) is 13.2 Å². The van der Waals surface area contributed by atoms with Crippen LogP contribution in [0.2, 0.25) is 0 Å². The van der Waals surface area contributed by atoms with Gasteiger partial charge < -0.3 is 13.7 Å². The molecule has 0 amide bonds. The van der Waals surface area contributed by atoms with Gasteiger partial charge in [-0.2, -0.15) is 35.1 Å². The van der Waals surface area contributed by atoms with Gasteiger partial charge in [0.05, 0.1) is 16.8 Å². The van der Waals surface area contributed by atoms with Crippen LogP contribution in [0, 0.1) is 0 Å². The first-order chi connectivity index (χ1) is 13.7. The van der Waals surface area contributed by atoms with Gasteiger partial charge in [0.2, 0.25) is 0 Å². The van der Waals surface area contributed by atoms with Crippen molar-refractivity contribution < 1.29 is 39.9 Å². The van der Waals surface area contributed by atoms with Crippen molar-refractivity contribution in [1.82, 2.24) is 14.0 Å². The summed E-state index contributed by atoms with van der Waals surface area (Å²) in [5, 5.41) is 0. The molecule has 0 aliphatic rings. The van der Waals surface area contributed by atoms with Crippen LogP contribution in [0.15, 0.2) is 41.6 Å². The van der Waals surface area contributed by atoms with Gasteiger partial charge in [0.1, 0.15) is 5.65 Å². The second-order valence-corrected chi connectivity index (χ2v) is 6.30. The van der Waals surface area contributed by atoms with Crippen molar-refractivity contribution in [3.63, 3.8) is 0 Å². The zero-order valence-corrected chi connectivity index (χ0v) is 14.9. The molecule has 0 atom stereocenters. The highest BCUT2D eigenvalue weighted by molar-refractivity contribution is 5.62. The van der Waals surface area contributed by atoms with Crippen LogP contribution in [0.3, 0.4) is 0 Å². The van der Waals surface area contributed by atoms with Crippen molar-refractivity contribution in [2.45, 2.75) is 18.3 Å². The first-order valence-corrected chi connectivity index (χ1v) is 8.03. The second kappa shape index (κ2) is 6.99. The Balaban J connectivity index is 1.93. The molecule has 0 radical (unpaired) electrons. The normalized spacial score (nSPS) is 13.1. The molecule has 30 heavy (non-hydrogen) atoms. The summed E-state index contributed by atoms with van der Waals surface area (Å²) in [7, 11) is 1.22. The number of rotatable bonds is 4. The number of hydrogen-bond donors (Lipinski definition) is 0. The molecule has 0 aliphatic heterocycles. The Kier molecular flexibility index (Phi) is 5.03. The van der Waals surface area contributed by atoms with Gasteiger partial charge in [-0.25, -0.2) is 4.98 Å². The number of aromatic nitrogens is 3. The van der Waals surface area contributed by atoms with Crippen molar-refractivity contribution in [3.8, 4) is 17.1 Å². The standard InChI is InChI=1S/C17H11F8N3O2/c1-27-6-10(12(29)4-14(27)30-8-15(18,19)17(23,24)25)11-7-28-5-9(16(20,21)22)2-3-13(28)26-11/h2-7H,8H2,1H3. The predicted molar refractivity (Wildman–Crippen MR) is 87.4 cm³/mol. The van der Waals surface area contributed by atoms with Crippen LogP contribution in [0.25, 0.3) is 16.9 Å². The minimum absolute atomic E-state index is 0.0258. The largest absolute Gasteiger partial charge is 0.472 e. The molecule has 162 valence electrons. The fourth-order valence-electron chi connectivity index (χ4n) is 2.48. The molecule has 0 unspecified atom stereocenters. The summed E-state index contributed by atoms with van der Waals surface area (Å²) in [6.07, 6.45) is -7.42. The van der Waals surface area contributed by atoms with Gasteiger partial charge in [0.25, 0.3) is 0 Å². The van der Waals surface area contributed by atoms with Gasteiger partial charge in [-0.15, -0.1) is 0 Å². The average Bonchev–Trinajstić information content (AvgIpc) is 3.03. The van der Waals surface area contributed by atoms with Gasteiger partial charge >= 0.3 is 18.3 Å². The topological polar surface area (TPSA) is 48.5 Å². The van der Waals surface area contributed by atoms with Crippen LogP contribution < -0.4 is 10.2 Å². The van der Waals surface area contributed by atoms with E-state index in [-0.39, 0.29) is 16.9 Å². The molecule has 5 nitrogen and oxygen atoms in total. The van der Waals surface area contributed by atoms with Gasteiger partial charge in [-0.05, 0) is 12.1 Å². The zero-order chi connectivity index (χ0) is 22.5. The number of alkyl halides is 8. The van der Waals surface area contributed by atoms with E-state index in [1.807, 2.05) is 0 Å². The molecule has 0 saturated heterocycles. The lowest BCUT2D eigenvalue weighted by Gasteiger charge is -2.20. The maximum Gasteiger partial charge on any atom is 0.456 e. The molecule has 0 spiro atoms. The van der Waals surface area contributed by atoms with E-state index in [1.54, 1.807) is 0 Å². The van der Waals surface area contributed by atoms with Crippen molar-refractivity contribution in [3.05, 3.63) is 52.6 Å². The van der Waals surface area contributed by atoms with Crippen LogP contribution in [0.4, 0.5) is 35.1 Å². The van der Waals surface area contributed by atoms with E-state index < -0.39 is 41.8 Å². The van der Waals surface area contributed by atoms with Crippen LogP contribution in [0.1, 0.15) is 5.56 Å². The van der Waals surface area contributed by atoms with Crippen molar-refractivity contribution in [2.24, 2.45) is 7.05 Å². The Morgan fingerprint density at radius 3 is 2.27 bits per heavy atom. The number of nitrogens with zero attached hydrogens (tertiary/aromatic N) is 3. The quantitative estimate of drug-likeness (QED) is 0.568. The molecule has 0 saturated carbocycles. The monoisotopic (exact) mass is 441 g/mol. The van der Waals surface area contributed by atoms with E-state index in [9.17, 15) is 39.9 Å². The lowest BCUT2D eigenvalue weighted by atomic mass is 10.2. The zero-order valence-electron chi connectivity index (χ0n) is 14.9. The number of aryl methyl sites for hydroxylation is 1. The van der Waals surface area contributed by atoms with E-state index in [0.29, 0.717) is 6.07 Å². The van der Waals surface area contributed by atoms with Gasteiger partial charge in [-0.1, -0.05) is 0 Å². The molecule has 3 rings (SSSR count). The molecular weight excluding hydrogens is 430 g/mol. The van der Waals surface area contributed by atoms with Crippen molar-refractivity contribution in [2.75, 3.05) is 6.61 Å². The Morgan fingerprint density at radius 2 is 1.67 bits per heavy atom. The number of fused-ring (bicyclic) bond motifs is 1. The SMILES string of the molecule is Cn1cc(-c2cn3cc(C(F)(F)F)ccc3n2)c(=O)cc1OCC(F)(F)C(F)(F)F. The molecular formula is C17H11F8N3O2. The third-order valence-corrected chi connectivity index (χ3v) is 4.06. The molecule has 0 aliphatic carbocycles. The minimum Gasteiger partial charge on any atom is -0.472 e. The highest BCUT2D eigenvalue weighted by Gasteiger charge is 2.58. The first-order valence-electron chi connectivity index (χ1n) is 8.03. The molecule has 3 heterocycles. The van der Waals surface area contributed by atoms with Crippen molar-refractivity contribution in [1.29, 1.82) is 0 Å².